The summed E-state index contributed by atoms with van der Waals surface area (Å²) in [5.74, 6) is -41.0. The summed E-state index contributed by atoms with van der Waals surface area (Å²) in [7, 11) is 0. The summed E-state index contributed by atoms with van der Waals surface area (Å²) in [6.07, 6.45) is -7.23. The van der Waals surface area contributed by atoms with Gasteiger partial charge in [0, 0.05) is 12.3 Å². The number of hydrogen-bond donors (Lipinski definition) is 0. The van der Waals surface area contributed by atoms with E-state index in [2.05, 4.69) is 0 Å². The van der Waals surface area contributed by atoms with Gasteiger partial charge in [0.25, 0.3) is 5.97 Å². The molecule has 16 heteroatoms. The van der Waals surface area contributed by atoms with Crippen LogP contribution >= 0.6 is 0 Å². The minimum Gasteiger partial charge on any atom is -0.321 e. The van der Waals surface area contributed by atoms with Gasteiger partial charge in [0.2, 0.25) is 0 Å². The molecule has 0 aromatic heterocycles. The van der Waals surface area contributed by atoms with Gasteiger partial charge in [-0.05, 0) is 75.2 Å². The molecule has 0 heterocycles. The molecule has 1 unspecified atom stereocenters. The summed E-state index contributed by atoms with van der Waals surface area (Å²) >= 11 is 0. The zero-order chi connectivity index (χ0) is 37.1. The third-order valence-electron chi connectivity index (χ3n) is 6.56. The Labute approximate surface area is 263 Å². The van der Waals surface area contributed by atoms with Gasteiger partial charge in [-0.3, -0.25) is 0 Å². The van der Waals surface area contributed by atoms with E-state index in [4.69, 9.17) is 14.2 Å². The van der Waals surface area contributed by atoms with Crippen LogP contribution in [0, 0.1) is 5.92 Å². The number of rotatable bonds is 18. The van der Waals surface area contributed by atoms with Crippen molar-refractivity contribution in [3.05, 3.63) is 0 Å². The second-order valence-electron chi connectivity index (χ2n) is 14.5. The maximum absolute atomic E-state index is 15.0. The van der Waals surface area contributed by atoms with Crippen LogP contribution in [0.25, 0.3) is 0 Å². The molecule has 0 aliphatic heterocycles. The third kappa shape index (κ3) is 11.3. The highest BCUT2D eigenvalue weighted by molar-refractivity contribution is 5.10. The lowest BCUT2D eigenvalue weighted by Crippen LogP contribution is -2.70. The molecule has 0 radical (unpaired) electrons. The van der Waals surface area contributed by atoms with E-state index in [9.17, 15) is 57.1 Å². The van der Waals surface area contributed by atoms with Crippen LogP contribution < -0.4 is 0 Å². The third-order valence-corrected chi connectivity index (χ3v) is 6.56. The van der Waals surface area contributed by atoms with Gasteiger partial charge in [0.1, 0.15) is 0 Å². The van der Waals surface area contributed by atoms with Crippen LogP contribution in [0.1, 0.15) is 127 Å². The molecular weight excluding hydrogens is 655 g/mol. The van der Waals surface area contributed by atoms with E-state index in [1.165, 1.54) is 62.3 Å². The van der Waals surface area contributed by atoms with Crippen LogP contribution in [-0.4, -0.2) is 58.6 Å². The van der Waals surface area contributed by atoms with E-state index in [0.717, 1.165) is 19.3 Å². The van der Waals surface area contributed by atoms with E-state index in [-0.39, 0.29) is 12.8 Å². The molecule has 0 fully saturated rings. The first-order chi connectivity index (χ1) is 20.0. The minimum atomic E-state index is -7.95. The zero-order valence-corrected chi connectivity index (χ0v) is 28.1. The maximum Gasteiger partial charge on any atom is 0.460 e. The number of alkyl halides is 13. The average Bonchev–Trinajstić information content (AvgIpc) is 2.78. The molecule has 0 rings (SSSR count). The predicted octanol–water partition coefficient (Wildman–Crippen LogP) is 12.0. The Kier molecular flexibility index (Phi) is 14.5. The van der Waals surface area contributed by atoms with Gasteiger partial charge in [-0.1, -0.05) is 45.4 Å². The van der Waals surface area contributed by atoms with E-state index < -0.39 is 77.3 Å². The summed E-state index contributed by atoms with van der Waals surface area (Å²) in [6, 6.07) is 0. The molecule has 0 spiro atoms. The minimum absolute atomic E-state index is 0.158. The molecule has 0 aliphatic rings. The largest absolute Gasteiger partial charge is 0.460 e. The van der Waals surface area contributed by atoms with Crippen molar-refractivity contribution in [1.29, 1.82) is 0 Å². The highest BCUT2D eigenvalue weighted by Crippen LogP contribution is 2.61. The number of ether oxygens (including phenoxy) is 3. The van der Waals surface area contributed by atoms with Crippen molar-refractivity contribution in [2.24, 2.45) is 5.92 Å². The molecule has 0 saturated heterocycles. The summed E-state index contributed by atoms with van der Waals surface area (Å²) < 4.78 is 198. The van der Waals surface area contributed by atoms with Gasteiger partial charge >= 0.3 is 35.8 Å². The predicted molar refractivity (Wildman–Crippen MR) is 147 cm³/mol. The smallest absolute Gasteiger partial charge is 0.321 e. The van der Waals surface area contributed by atoms with Crippen LogP contribution in [-0.2, 0) is 14.2 Å². The van der Waals surface area contributed by atoms with Gasteiger partial charge in [-0.25, -0.2) is 0 Å². The lowest BCUT2D eigenvalue weighted by atomic mass is 9.86. The molecule has 0 bridgehead atoms. The van der Waals surface area contributed by atoms with Crippen LogP contribution in [0.3, 0.4) is 0 Å². The molecule has 1 atom stereocenters. The van der Waals surface area contributed by atoms with Crippen LogP contribution in [0.5, 0.6) is 0 Å². The Balaban J connectivity index is 6.97. The molecule has 0 N–H and O–H groups in total. The Morgan fingerprint density at radius 3 is 1.13 bits per heavy atom. The second kappa shape index (κ2) is 14.8. The van der Waals surface area contributed by atoms with E-state index in [1.54, 1.807) is 0 Å². The van der Waals surface area contributed by atoms with Gasteiger partial charge in [-0.2, -0.15) is 57.1 Å². The van der Waals surface area contributed by atoms with Gasteiger partial charge in [0.15, 0.2) is 0 Å². The Morgan fingerprint density at radius 1 is 0.435 bits per heavy atom. The Bertz CT molecular complexity index is 888. The SMILES string of the molecule is CCCCCCCCC(CCC(F)(F)C(F)(F)C(F)(F)C(F)(F)C(F)(F)C(F)(F)F)C(OC(C)(C)C)(OC(C)(C)C)OC(C)(C)C. The Hall–Kier alpha value is -1.03. The quantitative estimate of drug-likeness (QED) is 0.0808. The van der Waals surface area contributed by atoms with Crippen LogP contribution in [0.15, 0.2) is 0 Å². The second-order valence-corrected chi connectivity index (χ2v) is 14.5. The summed E-state index contributed by atoms with van der Waals surface area (Å²) in [5.41, 5.74) is -3.54. The molecule has 0 saturated carbocycles. The fourth-order valence-corrected chi connectivity index (χ4v) is 4.58. The van der Waals surface area contributed by atoms with Gasteiger partial charge in [0.05, 0.1) is 16.8 Å². The molecule has 0 aromatic carbocycles. The van der Waals surface area contributed by atoms with Crippen molar-refractivity contribution >= 4 is 0 Å². The number of unbranched alkanes of at least 4 members (excludes halogenated alkanes) is 5. The molecule has 0 aromatic rings. The first kappa shape index (κ1) is 45.0. The Morgan fingerprint density at radius 2 is 0.783 bits per heavy atom. The summed E-state index contributed by atoms with van der Waals surface area (Å²) in [4.78, 5) is 0. The van der Waals surface area contributed by atoms with Gasteiger partial charge < -0.3 is 14.2 Å². The van der Waals surface area contributed by atoms with Crippen LogP contribution in [0.2, 0.25) is 0 Å². The normalized spacial score (nSPS) is 16.2. The summed E-state index contributed by atoms with van der Waals surface area (Å²) in [6.45, 7) is 15.7. The van der Waals surface area contributed by atoms with Crippen molar-refractivity contribution < 1.29 is 71.3 Å². The van der Waals surface area contributed by atoms with Crippen molar-refractivity contribution in [2.45, 2.75) is 186 Å². The van der Waals surface area contributed by atoms with Crippen molar-refractivity contribution in [2.75, 3.05) is 0 Å². The van der Waals surface area contributed by atoms with E-state index in [1.807, 2.05) is 6.92 Å². The number of halogens is 13. The van der Waals surface area contributed by atoms with E-state index >= 15 is 0 Å². The van der Waals surface area contributed by atoms with E-state index in [0.29, 0.717) is 12.8 Å². The fourth-order valence-electron chi connectivity index (χ4n) is 4.58. The first-order valence-electron chi connectivity index (χ1n) is 15.1. The van der Waals surface area contributed by atoms with Crippen molar-refractivity contribution in [1.82, 2.24) is 0 Å². The maximum atomic E-state index is 15.0. The van der Waals surface area contributed by atoms with Crippen molar-refractivity contribution in [3.8, 4) is 0 Å². The molecule has 0 aliphatic carbocycles. The number of hydrogen-bond acceptors (Lipinski definition) is 3. The lowest BCUT2D eigenvalue weighted by molar-refractivity contribution is -0.469. The zero-order valence-electron chi connectivity index (χ0n) is 28.1. The van der Waals surface area contributed by atoms with Crippen molar-refractivity contribution in [3.63, 3.8) is 0 Å². The molecule has 278 valence electrons. The highest BCUT2D eigenvalue weighted by Gasteiger charge is 2.90. The molecule has 46 heavy (non-hydrogen) atoms. The summed E-state index contributed by atoms with van der Waals surface area (Å²) in [5, 5.41) is 0. The first-order valence-corrected chi connectivity index (χ1v) is 15.1. The lowest BCUT2D eigenvalue weighted by Gasteiger charge is -2.49. The molecule has 3 nitrogen and oxygen atoms in total. The topological polar surface area (TPSA) is 27.7 Å². The molecule has 0 amide bonds. The standard InChI is InChI=1S/C30H49F13O3/c1-11-12-13-14-15-16-17-20(25(44-21(2,3)4,45-22(5,6)7)46-23(8,9)10)18-19-24(31,32)26(33,34)27(35,36)28(37,38)29(39,40)30(41,42)43/h20H,11-19H2,1-10H3. The highest BCUT2D eigenvalue weighted by atomic mass is 19.4. The monoisotopic (exact) mass is 704 g/mol. The average molecular weight is 705 g/mol. The fraction of sp³-hybridized carbons (Fsp3) is 1.00. The van der Waals surface area contributed by atoms with Crippen LogP contribution in [0.4, 0.5) is 57.1 Å². The molecular formula is C30H49F13O3. The van der Waals surface area contributed by atoms with Gasteiger partial charge in [-0.15, -0.1) is 0 Å².